The quantitative estimate of drug-likeness (QED) is 0.707. The molecule has 0 unspecified atom stereocenters. The third kappa shape index (κ3) is 2.83. The zero-order valence-electron chi connectivity index (χ0n) is 14.2. The molecule has 7 heteroatoms. The summed E-state index contributed by atoms with van der Waals surface area (Å²) in [7, 11) is -3.68. The zero-order valence-corrected chi connectivity index (χ0v) is 15.0. The van der Waals surface area contributed by atoms with Gasteiger partial charge in [0.1, 0.15) is 11.6 Å². The topological polar surface area (TPSA) is 55.2 Å². The number of aromatic nitrogens is 2. The monoisotopic (exact) mass is 371 g/mol. The lowest BCUT2D eigenvalue weighted by Gasteiger charge is -2.40. The second-order valence-corrected chi connectivity index (χ2v) is 8.33. The van der Waals surface area contributed by atoms with Gasteiger partial charge in [-0.3, -0.25) is 0 Å². The normalized spacial score (nSPS) is 15.8. The molecule has 0 N–H and O–H groups in total. The van der Waals surface area contributed by atoms with Gasteiger partial charge in [0.25, 0.3) is 0 Å². The lowest BCUT2D eigenvalue weighted by molar-refractivity contribution is 0.204. The van der Waals surface area contributed by atoms with Crippen molar-refractivity contribution in [2.24, 2.45) is 0 Å². The van der Waals surface area contributed by atoms with Crippen molar-refractivity contribution in [3.05, 3.63) is 72.3 Å². The van der Waals surface area contributed by atoms with Crippen molar-refractivity contribution in [3.63, 3.8) is 0 Å². The molecule has 5 nitrogen and oxygen atoms in total. The van der Waals surface area contributed by atoms with Gasteiger partial charge in [-0.15, -0.1) is 0 Å². The largest absolute Gasteiger partial charge is 0.323 e. The van der Waals surface area contributed by atoms with Crippen LogP contribution in [0.15, 0.2) is 65.7 Å². The van der Waals surface area contributed by atoms with Crippen molar-refractivity contribution < 1.29 is 12.8 Å². The average molecular weight is 371 g/mol. The number of nitrogens with zero attached hydrogens (tertiary/aromatic N) is 3. The highest BCUT2D eigenvalue weighted by Crippen LogP contribution is 2.32. The molecule has 0 radical (unpaired) electrons. The minimum atomic E-state index is -3.68. The van der Waals surface area contributed by atoms with E-state index >= 15 is 0 Å². The van der Waals surface area contributed by atoms with Crippen LogP contribution in [-0.4, -0.2) is 35.4 Å². The first kappa shape index (κ1) is 16.9. The molecular formula is C19H18FN3O2S. The van der Waals surface area contributed by atoms with E-state index in [1.165, 1.54) is 22.5 Å². The van der Waals surface area contributed by atoms with Crippen LogP contribution >= 0.6 is 0 Å². The number of imidazole rings is 1. The summed E-state index contributed by atoms with van der Waals surface area (Å²) in [4.78, 5) is 4.48. The van der Waals surface area contributed by atoms with Crippen LogP contribution in [0.3, 0.4) is 0 Å². The van der Waals surface area contributed by atoms with Crippen molar-refractivity contribution in [2.45, 2.75) is 17.9 Å². The van der Waals surface area contributed by atoms with Gasteiger partial charge in [0.05, 0.1) is 10.9 Å². The molecule has 1 saturated heterocycles. The van der Waals surface area contributed by atoms with E-state index in [0.29, 0.717) is 13.1 Å². The summed E-state index contributed by atoms with van der Waals surface area (Å²) in [5.41, 5.74) is 1.98. The molecule has 26 heavy (non-hydrogen) atoms. The minimum absolute atomic E-state index is 0.0102. The van der Waals surface area contributed by atoms with Crippen LogP contribution in [0, 0.1) is 12.7 Å². The Labute approximate surface area is 151 Å². The maximum atomic E-state index is 13.4. The fourth-order valence-electron chi connectivity index (χ4n) is 3.26. The summed E-state index contributed by atoms with van der Waals surface area (Å²) >= 11 is 0. The van der Waals surface area contributed by atoms with Crippen LogP contribution in [0.1, 0.15) is 11.7 Å². The SMILES string of the molecule is Cc1cnc(-c2ccccc2)n1C1CN(S(=O)(=O)c2cccc(F)c2)C1. The summed E-state index contributed by atoms with van der Waals surface area (Å²) in [5, 5.41) is 0. The number of rotatable bonds is 4. The predicted molar refractivity (Wildman–Crippen MR) is 96.6 cm³/mol. The van der Waals surface area contributed by atoms with Crippen LogP contribution in [0.5, 0.6) is 0 Å². The highest BCUT2D eigenvalue weighted by molar-refractivity contribution is 7.89. The maximum Gasteiger partial charge on any atom is 0.243 e. The number of aryl methyl sites for hydroxylation is 1. The molecule has 1 aromatic heterocycles. The summed E-state index contributed by atoms with van der Waals surface area (Å²) in [6, 6.07) is 14.9. The molecule has 0 amide bonds. The molecule has 3 aromatic rings. The van der Waals surface area contributed by atoms with E-state index in [9.17, 15) is 12.8 Å². The Morgan fingerprint density at radius 1 is 1.08 bits per heavy atom. The van der Waals surface area contributed by atoms with Gasteiger partial charge < -0.3 is 4.57 Å². The van der Waals surface area contributed by atoms with Crippen LogP contribution in [0.4, 0.5) is 4.39 Å². The van der Waals surface area contributed by atoms with Crippen LogP contribution in [0.2, 0.25) is 0 Å². The van der Waals surface area contributed by atoms with E-state index in [1.807, 2.05) is 37.3 Å². The number of sulfonamides is 1. The Morgan fingerprint density at radius 3 is 2.50 bits per heavy atom. The van der Waals surface area contributed by atoms with Gasteiger partial charge >= 0.3 is 0 Å². The minimum Gasteiger partial charge on any atom is -0.323 e. The van der Waals surface area contributed by atoms with Gasteiger partial charge in [-0.1, -0.05) is 36.4 Å². The summed E-state index contributed by atoms with van der Waals surface area (Å²) in [5.74, 6) is 0.274. The molecule has 0 spiro atoms. The van der Waals surface area contributed by atoms with Crippen LogP contribution in [-0.2, 0) is 10.0 Å². The third-order valence-electron chi connectivity index (χ3n) is 4.64. The lowest BCUT2D eigenvalue weighted by Crippen LogP contribution is -2.50. The number of halogens is 1. The summed E-state index contributed by atoms with van der Waals surface area (Å²) < 4.78 is 42.1. The predicted octanol–water partition coefficient (Wildman–Crippen LogP) is 3.24. The maximum absolute atomic E-state index is 13.4. The molecule has 2 aromatic carbocycles. The van der Waals surface area contributed by atoms with E-state index in [-0.39, 0.29) is 10.9 Å². The summed E-state index contributed by atoms with van der Waals surface area (Å²) in [6.45, 7) is 2.65. The highest BCUT2D eigenvalue weighted by Gasteiger charge is 2.39. The standard InChI is InChI=1S/C19H18FN3O2S/c1-14-11-21-19(15-6-3-2-4-7-15)23(14)17-12-22(13-17)26(24,25)18-9-5-8-16(20)10-18/h2-11,17H,12-13H2,1H3. The molecule has 1 aliphatic rings. The van der Waals surface area contributed by atoms with Crippen LogP contribution in [0.25, 0.3) is 11.4 Å². The second kappa shape index (κ2) is 6.34. The van der Waals surface area contributed by atoms with Crippen molar-refractivity contribution in [1.29, 1.82) is 0 Å². The van der Waals surface area contributed by atoms with Crippen LogP contribution < -0.4 is 0 Å². The van der Waals surface area contributed by atoms with E-state index in [1.54, 1.807) is 6.20 Å². The van der Waals surface area contributed by atoms with Crippen molar-refractivity contribution in [3.8, 4) is 11.4 Å². The third-order valence-corrected chi connectivity index (χ3v) is 6.47. The number of hydrogen-bond donors (Lipinski definition) is 0. The number of hydrogen-bond acceptors (Lipinski definition) is 3. The Morgan fingerprint density at radius 2 is 1.81 bits per heavy atom. The number of benzene rings is 2. The Kier molecular flexibility index (Phi) is 4.13. The second-order valence-electron chi connectivity index (χ2n) is 6.39. The van der Waals surface area contributed by atoms with Gasteiger partial charge in [0.2, 0.25) is 10.0 Å². The molecule has 0 saturated carbocycles. The highest BCUT2D eigenvalue weighted by atomic mass is 32.2. The Bertz CT molecular complexity index is 1040. The van der Waals surface area contributed by atoms with Gasteiger partial charge in [0, 0.05) is 30.5 Å². The fourth-order valence-corrected chi connectivity index (χ4v) is 4.81. The van der Waals surface area contributed by atoms with E-state index < -0.39 is 15.8 Å². The average Bonchev–Trinajstić information content (AvgIpc) is 2.96. The van der Waals surface area contributed by atoms with E-state index in [2.05, 4.69) is 9.55 Å². The molecule has 134 valence electrons. The Balaban J connectivity index is 1.59. The lowest BCUT2D eigenvalue weighted by atomic mass is 10.1. The molecule has 1 aliphatic heterocycles. The van der Waals surface area contributed by atoms with E-state index in [4.69, 9.17) is 0 Å². The fraction of sp³-hybridized carbons (Fsp3) is 0.211. The van der Waals surface area contributed by atoms with Crippen molar-refractivity contribution in [2.75, 3.05) is 13.1 Å². The summed E-state index contributed by atoms with van der Waals surface area (Å²) in [6.07, 6.45) is 1.80. The molecule has 0 aliphatic carbocycles. The first-order valence-corrected chi connectivity index (χ1v) is 9.76. The van der Waals surface area contributed by atoms with E-state index in [0.717, 1.165) is 23.1 Å². The first-order valence-electron chi connectivity index (χ1n) is 8.32. The van der Waals surface area contributed by atoms with Gasteiger partial charge in [-0.25, -0.2) is 17.8 Å². The molecule has 2 heterocycles. The molecule has 4 rings (SSSR count). The molecule has 0 atom stereocenters. The molecule has 1 fully saturated rings. The smallest absolute Gasteiger partial charge is 0.243 e. The molecule has 0 bridgehead atoms. The first-order chi connectivity index (χ1) is 12.5. The van der Waals surface area contributed by atoms with Gasteiger partial charge in [0.15, 0.2) is 0 Å². The Hall–Kier alpha value is -2.51. The van der Waals surface area contributed by atoms with Crippen molar-refractivity contribution in [1.82, 2.24) is 13.9 Å². The zero-order chi connectivity index (χ0) is 18.3. The van der Waals surface area contributed by atoms with Gasteiger partial charge in [-0.2, -0.15) is 4.31 Å². The molecular weight excluding hydrogens is 353 g/mol. The van der Waals surface area contributed by atoms with Crippen molar-refractivity contribution >= 4 is 10.0 Å². The van der Waals surface area contributed by atoms with Gasteiger partial charge in [-0.05, 0) is 25.1 Å².